The van der Waals surface area contributed by atoms with Gasteiger partial charge < -0.3 is 16.2 Å². The number of carboxylic acid groups (broad SMARTS) is 1. The van der Waals surface area contributed by atoms with Crippen molar-refractivity contribution in [3.05, 3.63) is 27.3 Å². The Balaban J connectivity index is 2.52. The van der Waals surface area contributed by atoms with Crippen LogP contribution in [0.25, 0.3) is 0 Å². The number of halogens is 1. The number of amides is 1. The first-order valence-electron chi connectivity index (χ1n) is 5.05. The van der Waals surface area contributed by atoms with Crippen molar-refractivity contribution < 1.29 is 14.7 Å². The van der Waals surface area contributed by atoms with Gasteiger partial charge in [-0.1, -0.05) is 0 Å². The summed E-state index contributed by atoms with van der Waals surface area (Å²) in [5, 5.41) is 11.1. The summed E-state index contributed by atoms with van der Waals surface area (Å²) in [5.41, 5.74) is 6.53. The van der Waals surface area contributed by atoms with Gasteiger partial charge in [-0.2, -0.15) is 0 Å². The highest BCUT2D eigenvalue weighted by Crippen LogP contribution is 2.15. The fraction of sp³-hybridized carbons (Fsp3) is 0.273. The van der Waals surface area contributed by atoms with E-state index in [1.54, 1.807) is 12.1 Å². The summed E-state index contributed by atoms with van der Waals surface area (Å²) in [6.45, 7) is 0.329. The van der Waals surface area contributed by atoms with Crippen LogP contribution in [0.5, 0.6) is 0 Å². The summed E-state index contributed by atoms with van der Waals surface area (Å²) < 4.78 is 0.924. The van der Waals surface area contributed by atoms with Gasteiger partial charge in [-0.15, -0.1) is 0 Å². The SMILES string of the molecule is Nc1ccc(I)cc1C(=O)NCCCC(=O)O. The molecule has 6 heteroatoms. The molecule has 0 radical (unpaired) electrons. The quantitative estimate of drug-likeness (QED) is 0.427. The summed E-state index contributed by atoms with van der Waals surface area (Å²) in [5.74, 6) is -1.14. The maximum atomic E-state index is 11.7. The summed E-state index contributed by atoms with van der Waals surface area (Å²) in [6, 6.07) is 5.19. The Labute approximate surface area is 113 Å². The lowest BCUT2D eigenvalue weighted by Crippen LogP contribution is -2.25. The number of hydrogen-bond donors (Lipinski definition) is 3. The molecule has 1 aromatic rings. The highest BCUT2D eigenvalue weighted by Gasteiger charge is 2.09. The zero-order valence-corrected chi connectivity index (χ0v) is 11.2. The first-order chi connectivity index (χ1) is 8.00. The third-order valence-corrected chi connectivity index (χ3v) is 2.78. The van der Waals surface area contributed by atoms with Gasteiger partial charge in [0.05, 0.1) is 5.56 Å². The Morgan fingerprint density at radius 3 is 2.76 bits per heavy atom. The smallest absolute Gasteiger partial charge is 0.303 e. The summed E-state index contributed by atoms with van der Waals surface area (Å²) in [4.78, 5) is 22.0. The average Bonchev–Trinajstić information content (AvgIpc) is 2.27. The van der Waals surface area contributed by atoms with Crippen molar-refractivity contribution in [1.29, 1.82) is 0 Å². The summed E-state index contributed by atoms with van der Waals surface area (Å²) in [7, 11) is 0. The van der Waals surface area contributed by atoms with Gasteiger partial charge in [0.1, 0.15) is 0 Å². The van der Waals surface area contributed by atoms with Crippen LogP contribution in [0.1, 0.15) is 23.2 Å². The van der Waals surface area contributed by atoms with Gasteiger partial charge in [0.25, 0.3) is 5.91 Å². The molecular formula is C11H13IN2O3. The molecule has 1 rings (SSSR count). The topological polar surface area (TPSA) is 92.4 Å². The number of carbonyl (C=O) groups excluding carboxylic acids is 1. The molecule has 92 valence electrons. The Kier molecular flexibility index (Phi) is 5.20. The number of aliphatic carboxylic acids is 1. The lowest BCUT2D eigenvalue weighted by atomic mass is 10.1. The van der Waals surface area contributed by atoms with Crippen LogP contribution in [0.3, 0.4) is 0 Å². The number of carboxylic acids is 1. The standard InChI is InChI=1S/C11H13IN2O3/c12-7-3-4-9(13)8(6-7)11(17)14-5-1-2-10(15)16/h3-4,6H,1-2,5,13H2,(H,14,17)(H,15,16). The van der Waals surface area contributed by atoms with Gasteiger partial charge >= 0.3 is 5.97 Å². The molecule has 0 unspecified atom stereocenters. The van der Waals surface area contributed by atoms with Crippen molar-refractivity contribution in [1.82, 2.24) is 5.32 Å². The molecule has 0 saturated heterocycles. The molecule has 1 aromatic carbocycles. The van der Waals surface area contributed by atoms with E-state index in [4.69, 9.17) is 10.8 Å². The molecule has 5 nitrogen and oxygen atoms in total. The van der Waals surface area contributed by atoms with E-state index in [0.717, 1.165) is 3.57 Å². The van der Waals surface area contributed by atoms with Gasteiger partial charge in [-0.25, -0.2) is 0 Å². The molecule has 0 spiro atoms. The van der Waals surface area contributed by atoms with Crippen molar-refractivity contribution >= 4 is 40.2 Å². The van der Waals surface area contributed by atoms with E-state index >= 15 is 0 Å². The molecule has 0 bridgehead atoms. The van der Waals surface area contributed by atoms with Crippen LogP contribution in [0.2, 0.25) is 0 Å². The zero-order valence-electron chi connectivity index (χ0n) is 9.07. The van der Waals surface area contributed by atoms with Gasteiger partial charge in [-0.05, 0) is 47.2 Å². The van der Waals surface area contributed by atoms with Crippen molar-refractivity contribution in [3.8, 4) is 0 Å². The average molecular weight is 348 g/mol. The van der Waals surface area contributed by atoms with Crippen molar-refractivity contribution in [3.63, 3.8) is 0 Å². The van der Waals surface area contributed by atoms with Crippen LogP contribution in [0, 0.1) is 3.57 Å². The van der Waals surface area contributed by atoms with Crippen LogP contribution in [-0.2, 0) is 4.79 Å². The Hall–Kier alpha value is -1.31. The minimum absolute atomic E-state index is 0.0437. The number of benzene rings is 1. The Morgan fingerprint density at radius 1 is 1.41 bits per heavy atom. The van der Waals surface area contributed by atoms with Gasteiger partial charge in [0.15, 0.2) is 0 Å². The van der Waals surface area contributed by atoms with Crippen LogP contribution in [-0.4, -0.2) is 23.5 Å². The Bertz CT molecular complexity index is 435. The minimum atomic E-state index is -0.868. The second kappa shape index (κ2) is 6.43. The Morgan fingerprint density at radius 2 is 2.12 bits per heavy atom. The fourth-order valence-corrected chi connectivity index (χ4v) is 1.75. The number of hydrogen-bond acceptors (Lipinski definition) is 3. The third kappa shape index (κ3) is 4.59. The monoisotopic (exact) mass is 348 g/mol. The molecule has 0 aliphatic heterocycles. The van der Waals surface area contributed by atoms with E-state index in [1.807, 2.05) is 6.07 Å². The molecule has 17 heavy (non-hydrogen) atoms. The summed E-state index contributed by atoms with van der Waals surface area (Å²) >= 11 is 2.10. The molecule has 0 aliphatic rings. The third-order valence-electron chi connectivity index (χ3n) is 2.11. The highest BCUT2D eigenvalue weighted by molar-refractivity contribution is 14.1. The maximum absolute atomic E-state index is 11.7. The second-order valence-corrected chi connectivity index (χ2v) is 4.73. The van der Waals surface area contributed by atoms with E-state index in [1.165, 1.54) is 0 Å². The van der Waals surface area contributed by atoms with E-state index in [2.05, 4.69) is 27.9 Å². The fourth-order valence-electron chi connectivity index (χ4n) is 1.26. The number of rotatable bonds is 5. The molecule has 4 N–H and O–H groups in total. The van der Waals surface area contributed by atoms with Crippen molar-refractivity contribution in [2.75, 3.05) is 12.3 Å². The first kappa shape index (κ1) is 13.8. The predicted molar refractivity (Wildman–Crippen MR) is 72.8 cm³/mol. The van der Waals surface area contributed by atoms with E-state index in [-0.39, 0.29) is 12.3 Å². The summed E-state index contributed by atoms with van der Waals surface area (Å²) in [6.07, 6.45) is 0.451. The van der Waals surface area contributed by atoms with Gasteiger partial charge in [-0.3, -0.25) is 9.59 Å². The molecule has 0 fully saturated rings. The molecular weight excluding hydrogens is 335 g/mol. The van der Waals surface area contributed by atoms with E-state index in [0.29, 0.717) is 24.2 Å². The zero-order chi connectivity index (χ0) is 12.8. The second-order valence-electron chi connectivity index (χ2n) is 3.48. The number of nitrogens with two attached hydrogens (primary N) is 1. The number of carbonyl (C=O) groups is 2. The first-order valence-corrected chi connectivity index (χ1v) is 6.13. The largest absolute Gasteiger partial charge is 0.481 e. The molecule has 0 heterocycles. The van der Waals surface area contributed by atoms with Gasteiger partial charge in [0, 0.05) is 22.2 Å². The normalized spacial score (nSPS) is 9.94. The lowest BCUT2D eigenvalue weighted by molar-refractivity contribution is -0.137. The maximum Gasteiger partial charge on any atom is 0.303 e. The van der Waals surface area contributed by atoms with Crippen molar-refractivity contribution in [2.24, 2.45) is 0 Å². The van der Waals surface area contributed by atoms with Crippen LogP contribution in [0.4, 0.5) is 5.69 Å². The van der Waals surface area contributed by atoms with Crippen LogP contribution in [0.15, 0.2) is 18.2 Å². The van der Waals surface area contributed by atoms with Gasteiger partial charge in [0.2, 0.25) is 0 Å². The number of anilines is 1. The highest BCUT2D eigenvalue weighted by atomic mass is 127. The van der Waals surface area contributed by atoms with Crippen molar-refractivity contribution in [2.45, 2.75) is 12.8 Å². The van der Waals surface area contributed by atoms with E-state index in [9.17, 15) is 9.59 Å². The van der Waals surface area contributed by atoms with Crippen LogP contribution >= 0.6 is 22.6 Å². The minimum Gasteiger partial charge on any atom is -0.481 e. The molecule has 1 amide bonds. The number of nitrogen functional groups attached to an aromatic ring is 1. The predicted octanol–water partition coefficient (Wildman–Crippen LogP) is 1.47. The van der Waals surface area contributed by atoms with E-state index < -0.39 is 5.97 Å². The molecule has 0 saturated carbocycles. The van der Waals surface area contributed by atoms with Crippen LogP contribution < -0.4 is 11.1 Å². The molecule has 0 aromatic heterocycles. The lowest BCUT2D eigenvalue weighted by Gasteiger charge is -2.07. The molecule has 0 atom stereocenters. The number of nitrogens with one attached hydrogen (secondary N) is 1. The molecule has 0 aliphatic carbocycles.